The average molecular weight is 467 g/mol. The molecule has 150 valence electrons. The third-order valence-electron chi connectivity index (χ3n) is 4.61. The fourth-order valence-electron chi connectivity index (χ4n) is 3.43. The summed E-state index contributed by atoms with van der Waals surface area (Å²) in [5.41, 5.74) is 2.93. The summed E-state index contributed by atoms with van der Waals surface area (Å²) in [6.45, 7) is 5.99. The predicted molar refractivity (Wildman–Crippen MR) is 112 cm³/mol. The van der Waals surface area contributed by atoms with Crippen LogP contribution in [-0.2, 0) is 17.9 Å². The standard InChI is InChI=1S/C20H23BrN2O4S/c1-20(2,3)28(27)23-11-13-10-15(19(25)26)22-18(17(13)16(23)7-8-24)12-5-4-6-14(21)9-12/h4-6,9-10,16,24H,7-8,11H2,1-3H3,(H,25,26). The Bertz CT molecular complexity index is 900. The molecule has 2 atom stereocenters. The van der Waals surface area contributed by atoms with Gasteiger partial charge in [0.15, 0.2) is 0 Å². The maximum atomic E-state index is 13.2. The number of hydrogen-bond acceptors (Lipinski definition) is 5. The number of pyridine rings is 1. The van der Waals surface area contributed by atoms with Crippen LogP contribution in [0, 0.1) is 0 Å². The second-order valence-corrected chi connectivity index (χ2v) is 10.8. The second-order valence-electron chi connectivity index (χ2n) is 7.71. The van der Waals surface area contributed by atoms with E-state index in [0.29, 0.717) is 18.7 Å². The molecule has 0 spiro atoms. The Balaban J connectivity index is 2.21. The number of carbonyl (C=O) groups is 1. The van der Waals surface area contributed by atoms with Crippen LogP contribution in [-0.4, -0.2) is 41.4 Å². The third-order valence-corrected chi connectivity index (χ3v) is 6.96. The van der Waals surface area contributed by atoms with E-state index in [1.165, 1.54) is 0 Å². The van der Waals surface area contributed by atoms with Gasteiger partial charge in [-0.15, -0.1) is 4.31 Å². The van der Waals surface area contributed by atoms with Gasteiger partial charge in [0.25, 0.3) is 0 Å². The van der Waals surface area contributed by atoms with Gasteiger partial charge < -0.3 is 14.8 Å². The predicted octanol–water partition coefficient (Wildman–Crippen LogP) is 3.91. The van der Waals surface area contributed by atoms with E-state index in [2.05, 4.69) is 20.9 Å². The first-order valence-corrected chi connectivity index (χ1v) is 10.9. The average Bonchev–Trinajstić information content (AvgIpc) is 2.98. The molecular weight excluding hydrogens is 444 g/mol. The summed E-state index contributed by atoms with van der Waals surface area (Å²) in [5, 5.41) is 19.2. The zero-order valence-electron chi connectivity index (χ0n) is 16.0. The first-order chi connectivity index (χ1) is 13.1. The van der Waals surface area contributed by atoms with Crippen LogP contribution in [0.2, 0.25) is 0 Å². The van der Waals surface area contributed by atoms with Gasteiger partial charge in [-0.05, 0) is 51.0 Å². The normalized spacial score (nSPS) is 18.1. The van der Waals surface area contributed by atoms with Crippen molar-refractivity contribution in [2.45, 2.75) is 44.5 Å². The molecule has 0 saturated heterocycles. The lowest BCUT2D eigenvalue weighted by molar-refractivity contribution is 0.0690. The summed E-state index contributed by atoms with van der Waals surface area (Å²) in [4.78, 5) is 16.1. The number of benzene rings is 1. The van der Waals surface area contributed by atoms with Gasteiger partial charge in [0.05, 0.1) is 18.3 Å². The van der Waals surface area contributed by atoms with E-state index in [1.54, 1.807) is 6.07 Å². The molecule has 1 aliphatic heterocycles. The topological polar surface area (TPSA) is 96.7 Å². The van der Waals surface area contributed by atoms with E-state index in [4.69, 9.17) is 0 Å². The summed E-state index contributed by atoms with van der Waals surface area (Å²) in [5.74, 6) is -1.10. The SMILES string of the molecule is CC(C)(C)[S+]([O-])N1Cc2cc(C(=O)O)nc(-c3cccc(Br)c3)c2C1CCO. The molecule has 1 aromatic carbocycles. The van der Waals surface area contributed by atoms with Gasteiger partial charge in [-0.1, -0.05) is 28.1 Å². The molecule has 6 nitrogen and oxygen atoms in total. The number of aromatic carboxylic acids is 1. The molecule has 2 aromatic rings. The van der Waals surface area contributed by atoms with Crippen LogP contribution in [0.3, 0.4) is 0 Å². The molecule has 1 aliphatic rings. The fraction of sp³-hybridized carbons (Fsp3) is 0.400. The van der Waals surface area contributed by atoms with Crippen molar-refractivity contribution >= 4 is 33.3 Å². The molecule has 0 saturated carbocycles. The maximum Gasteiger partial charge on any atom is 0.354 e. The molecule has 3 rings (SSSR count). The Labute approximate surface area is 176 Å². The van der Waals surface area contributed by atoms with Crippen LogP contribution in [0.15, 0.2) is 34.8 Å². The minimum atomic E-state index is -1.32. The highest BCUT2D eigenvalue weighted by Crippen LogP contribution is 2.45. The van der Waals surface area contributed by atoms with E-state index < -0.39 is 22.1 Å². The molecule has 0 radical (unpaired) electrons. The highest BCUT2D eigenvalue weighted by molar-refractivity contribution is 9.10. The van der Waals surface area contributed by atoms with Crippen molar-refractivity contribution in [3.05, 3.63) is 51.6 Å². The van der Waals surface area contributed by atoms with Gasteiger partial charge >= 0.3 is 5.97 Å². The van der Waals surface area contributed by atoms with Gasteiger partial charge in [0, 0.05) is 33.6 Å². The zero-order chi connectivity index (χ0) is 20.6. The van der Waals surface area contributed by atoms with Crippen LogP contribution in [0.5, 0.6) is 0 Å². The molecule has 2 unspecified atom stereocenters. The van der Waals surface area contributed by atoms with Crippen LogP contribution < -0.4 is 0 Å². The van der Waals surface area contributed by atoms with Crippen LogP contribution in [0.1, 0.15) is 54.8 Å². The summed E-state index contributed by atoms with van der Waals surface area (Å²) in [7, 11) is 0. The Morgan fingerprint density at radius 2 is 2.11 bits per heavy atom. The smallest absolute Gasteiger partial charge is 0.354 e. The van der Waals surface area contributed by atoms with Crippen molar-refractivity contribution in [2.24, 2.45) is 0 Å². The highest BCUT2D eigenvalue weighted by atomic mass is 79.9. The minimum Gasteiger partial charge on any atom is -0.597 e. The molecule has 0 aliphatic carbocycles. The number of halogens is 1. The van der Waals surface area contributed by atoms with Crippen molar-refractivity contribution in [1.82, 2.24) is 9.29 Å². The third kappa shape index (κ3) is 4.11. The second kappa shape index (κ2) is 8.12. The van der Waals surface area contributed by atoms with Gasteiger partial charge in [0.1, 0.15) is 10.4 Å². The van der Waals surface area contributed by atoms with E-state index in [0.717, 1.165) is 21.2 Å². The van der Waals surface area contributed by atoms with Gasteiger partial charge in [-0.25, -0.2) is 9.78 Å². The molecule has 28 heavy (non-hydrogen) atoms. The molecule has 2 heterocycles. The Morgan fingerprint density at radius 1 is 1.39 bits per heavy atom. The molecule has 1 aromatic heterocycles. The fourth-order valence-corrected chi connectivity index (χ4v) is 5.24. The van der Waals surface area contributed by atoms with Crippen LogP contribution in [0.25, 0.3) is 11.3 Å². The number of aliphatic hydroxyl groups is 1. The Kier molecular flexibility index (Phi) is 6.17. The first-order valence-electron chi connectivity index (χ1n) is 8.96. The van der Waals surface area contributed by atoms with E-state index in [1.807, 2.05) is 49.3 Å². The van der Waals surface area contributed by atoms with Crippen molar-refractivity contribution in [3.8, 4) is 11.3 Å². The molecule has 8 heteroatoms. The number of aromatic nitrogens is 1. The number of rotatable bonds is 5. The Hall–Kier alpha value is -1.45. The Morgan fingerprint density at radius 3 is 2.68 bits per heavy atom. The van der Waals surface area contributed by atoms with Crippen LogP contribution in [0.4, 0.5) is 0 Å². The largest absolute Gasteiger partial charge is 0.597 e. The lowest BCUT2D eigenvalue weighted by Gasteiger charge is -2.33. The van der Waals surface area contributed by atoms with Crippen LogP contribution >= 0.6 is 15.9 Å². The van der Waals surface area contributed by atoms with Gasteiger partial charge in [-0.3, -0.25) is 0 Å². The van der Waals surface area contributed by atoms with E-state index >= 15 is 0 Å². The lowest BCUT2D eigenvalue weighted by atomic mass is 9.96. The van der Waals surface area contributed by atoms with E-state index in [9.17, 15) is 19.6 Å². The number of nitrogens with zero attached hydrogens (tertiary/aromatic N) is 2. The summed E-state index contributed by atoms with van der Waals surface area (Å²) < 4.78 is 15.4. The van der Waals surface area contributed by atoms with Crippen molar-refractivity contribution in [1.29, 1.82) is 0 Å². The van der Waals surface area contributed by atoms with E-state index in [-0.39, 0.29) is 18.3 Å². The maximum absolute atomic E-state index is 13.2. The number of fused-ring (bicyclic) bond motifs is 1. The zero-order valence-corrected chi connectivity index (χ0v) is 18.4. The van der Waals surface area contributed by atoms with Gasteiger partial charge in [-0.2, -0.15) is 0 Å². The quantitative estimate of drug-likeness (QED) is 0.648. The van der Waals surface area contributed by atoms with Crippen molar-refractivity contribution in [3.63, 3.8) is 0 Å². The number of aliphatic hydroxyl groups excluding tert-OH is 1. The molecular formula is C20H23BrN2O4S. The number of carboxylic acids is 1. The monoisotopic (exact) mass is 466 g/mol. The molecule has 2 N–H and O–H groups in total. The summed E-state index contributed by atoms with van der Waals surface area (Å²) in [6.07, 6.45) is 0.393. The summed E-state index contributed by atoms with van der Waals surface area (Å²) in [6, 6.07) is 8.76. The summed E-state index contributed by atoms with van der Waals surface area (Å²) >= 11 is 2.13. The first kappa shape index (κ1) is 21.3. The lowest BCUT2D eigenvalue weighted by Crippen LogP contribution is -2.42. The molecule has 0 amide bonds. The molecule has 0 bridgehead atoms. The van der Waals surface area contributed by atoms with Crippen molar-refractivity contribution in [2.75, 3.05) is 6.61 Å². The number of hydrogen-bond donors (Lipinski definition) is 2. The van der Waals surface area contributed by atoms with Crippen molar-refractivity contribution < 1.29 is 19.6 Å². The minimum absolute atomic E-state index is 0.0418. The number of carboxylic acid groups (broad SMARTS) is 1. The van der Waals surface area contributed by atoms with Gasteiger partial charge in [0.2, 0.25) is 0 Å². The highest BCUT2D eigenvalue weighted by Gasteiger charge is 2.44. The molecule has 0 fully saturated rings.